The molecule has 82 valence electrons. The Bertz CT molecular complexity index is 178. The van der Waals surface area contributed by atoms with Gasteiger partial charge in [0.05, 0.1) is 12.5 Å². The lowest BCUT2D eigenvalue weighted by Crippen LogP contribution is -2.24. The summed E-state index contributed by atoms with van der Waals surface area (Å²) >= 11 is 0. The molecular weight excluding hydrogens is 182 g/mol. The van der Waals surface area contributed by atoms with Crippen LogP contribution in [0.4, 0.5) is 0 Å². The summed E-state index contributed by atoms with van der Waals surface area (Å²) in [6.07, 6.45) is 3.45. The fourth-order valence-electron chi connectivity index (χ4n) is 1.94. The summed E-state index contributed by atoms with van der Waals surface area (Å²) in [6, 6.07) is 0. The van der Waals surface area contributed by atoms with Crippen molar-refractivity contribution in [3.8, 4) is 0 Å². The zero-order valence-electron chi connectivity index (χ0n) is 8.45. The van der Waals surface area contributed by atoms with E-state index in [1.807, 2.05) is 0 Å². The number of carboxylic acids is 1. The van der Waals surface area contributed by atoms with E-state index in [4.69, 9.17) is 15.6 Å². The summed E-state index contributed by atoms with van der Waals surface area (Å²) in [6.45, 7) is 1.97. The predicted molar refractivity (Wildman–Crippen MR) is 53.0 cm³/mol. The van der Waals surface area contributed by atoms with Gasteiger partial charge in [-0.15, -0.1) is 0 Å². The SMILES string of the molecule is NCCCCC(C(=O)O)C1CCOC1. The van der Waals surface area contributed by atoms with Crippen molar-refractivity contribution in [2.75, 3.05) is 19.8 Å². The molecular formula is C10H19NO3. The smallest absolute Gasteiger partial charge is 0.306 e. The summed E-state index contributed by atoms with van der Waals surface area (Å²) in [5.41, 5.74) is 5.37. The number of hydrogen-bond acceptors (Lipinski definition) is 3. The van der Waals surface area contributed by atoms with E-state index in [2.05, 4.69) is 0 Å². The van der Waals surface area contributed by atoms with E-state index in [1.54, 1.807) is 0 Å². The normalized spacial score (nSPS) is 23.6. The fourth-order valence-corrected chi connectivity index (χ4v) is 1.94. The molecule has 3 N–H and O–H groups in total. The first-order valence-electron chi connectivity index (χ1n) is 5.26. The van der Waals surface area contributed by atoms with Gasteiger partial charge in [0.15, 0.2) is 0 Å². The molecule has 4 nitrogen and oxygen atoms in total. The van der Waals surface area contributed by atoms with Crippen LogP contribution >= 0.6 is 0 Å². The third-order valence-electron chi connectivity index (χ3n) is 2.82. The minimum Gasteiger partial charge on any atom is -0.481 e. The Morgan fingerprint density at radius 1 is 1.57 bits per heavy atom. The molecule has 1 aliphatic rings. The molecule has 4 heteroatoms. The fraction of sp³-hybridized carbons (Fsp3) is 0.900. The molecule has 0 aliphatic carbocycles. The molecule has 2 atom stereocenters. The standard InChI is InChI=1S/C10H19NO3/c11-5-2-1-3-9(10(12)13)8-4-6-14-7-8/h8-9H,1-7,11H2,(H,12,13). The van der Waals surface area contributed by atoms with Gasteiger partial charge in [-0.25, -0.2) is 0 Å². The second kappa shape index (κ2) is 5.98. The van der Waals surface area contributed by atoms with Crippen molar-refractivity contribution in [3.05, 3.63) is 0 Å². The predicted octanol–water partition coefficient (Wildman–Crippen LogP) is 0.853. The molecule has 0 radical (unpaired) electrons. The Labute approximate surface area is 84.4 Å². The van der Waals surface area contributed by atoms with Crippen LogP contribution in [-0.2, 0) is 9.53 Å². The van der Waals surface area contributed by atoms with Crippen molar-refractivity contribution in [2.45, 2.75) is 25.7 Å². The maximum absolute atomic E-state index is 11.0. The van der Waals surface area contributed by atoms with Crippen molar-refractivity contribution in [3.63, 3.8) is 0 Å². The molecule has 1 aliphatic heterocycles. The number of ether oxygens (including phenoxy) is 1. The molecule has 1 rings (SSSR count). The number of aliphatic carboxylic acids is 1. The van der Waals surface area contributed by atoms with Gasteiger partial charge in [0.2, 0.25) is 0 Å². The van der Waals surface area contributed by atoms with Crippen LogP contribution in [0.1, 0.15) is 25.7 Å². The molecule has 1 heterocycles. The summed E-state index contributed by atoms with van der Waals surface area (Å²) in [7, 11) is 0. The third kappa shape index (κ3) is 3.27. The van der Waals surface area contributed by atoms with Crippen LogP contribution in [0.15, 0.2) is 0 Å². The number of nitrogens with two attached hydrogens (primary N) is 1. The number of hydrogen-bond donors (Lipinski definition) is 2. The highest BCUT2D eigenvalue weighted by Gasteiger charge is 2.30. The summed E-state index contributed by atoms with van der Waals surface area (Å²) < 4.78 is 5.21. The highest BCUT2D eigenvalue weighted by atomic mass is 16.5. The molecule has 1 saturated heterocycles. The minimum atomic E-state index is -0.683. The van der Waals surface area contributed by atoms with Gasteiger partial charge in [0.25, 0.3) is 0 Å². The number of unbranched alkanes of at least 4 members (excludes halogenated alkanes) is 1. The van der Waals surface area contributed by atoms with Crippen LogP contribution < -0.4 is 5.73 Å². The third-order valence-corrected chi connectivity index (χ3v) is 2.82. The molecule has 0 aromatic carbocycles. The highest BCUT2D eigenvalue weighted by molar-refractivity contribution is 5.70. The van der Waals surface area contributed by atoms with E-state index in [1.165, 1.54) is 0 Å². The van der Waals surface area contributed by atoms with Crippen molar-refractivity contribution in [1.82, 2.24) is 0 Å². The average Bonchev–Trinajstić information content (AvgIpc) is 2.64. The molecule has 1 fully saturated rings. The molecule has 2 unspecified atom stereocenters. The van der Waals surface area contributed by atoms with Gasteiger partial charge in [0.1, 0.15) is 0 Å². The number of rotatable bonds is 6. The Morgan fingerprint density at radius 2 is 2.36 bits per heavy atom. The lowest BCUT2D eigenvalue weighted by Gasteiger charge is -2.17. The maximum atomic E-state index is 11.0. The van der Waals surface area contributed by atoms with E-state index in [0.717, 1.165) is 25.7 Å². The monoisotopic (exact) mass is 201 g/mol. The zero-order valence-corrected chi connectivity index (χ0v) is 8.45. The Morgan fingerprint density at radius 3 is 2.86 bits per heavy atom. The van der Waals surface area contributed by atoms with E-state index in [9.17, 15) is 4.79 Å². The summed E-state index contributed by atoms with van der Waals surface area (Å²) in [5, 5.41) is 9.05. The van der Waals surface area contributed by atoms with Crippen molar-refractivity contribution in [2.24, 2.45) is 17.6 Å². The second-order valence-corrected chi connectivity index (χ2v) is 3.85. The van der Waals surface area contributed by atoms with E-state index < -0.39 is 5.97 Å². The van der Waals surface area contributed by atoms with Crippen molar-refractivity contribution < 1.29 is 14.6 Å². The van der Waals surface area contributed by atoms with Crippen molar-refractivity contribution in [1.29, 1.82) is 0 Å². The molecule has 0 aromatic heterocycles. The van der Waals surface area contributed by atoms with E-state index in [-0.39, 0.29) is 11.8 Å². The molecule has 0 amide bonds. The summed E-state index contributed by atoms with van der Waals surface area (Å²) in [5.74, 6) is -0.702. The topological polar surface area (TPSA) is 72.6 Å². The highest BCUT2D eigenvalue weighted by Crippen LogP contribution is 2.26. The Kier molecular flexibility index (Phi) is 4.90. The lowest BCUT2D eigenvalue weighted by molar-refractivity contribution is -0.144. The summed E-state index contributed by atoms with van der Waals surface area (Å²) in [4.78, 5) is 11.0. The molecule has 0 spiro atoms. The Hall–Kier alpha value is -0.610. The number of carboxylic acid groups (broad SMARTS) is 1. The molecule has 0 aromatic rings. The number of carbonyl (C=O) groups is 1. The van der Waals surface area contributed by atoms with Crippen molar-refractivity contribution >= 4 is 5.97 Å². The first kappa shape index (κ1) is 11.5. The van der Waals surface area contributed by atoms with Gasteiger partial charge >= 0.3 is 5.97 Å². The zero-order chi connectivity index (χ0) is 10.4. The van der Waals surface area contributed by atoms with Gasteiger partial charge in [-0.05, 0) is 31.7 Å². The van der Waals surface area contributed by atoms with Crippen LogP contribution in [0.5, 0.6) is 0 Å². The van der Waals surface area contributed by atoms with Crippen LogP contribution in [0.3, 0.4) is 0 Å². The second-order valence-electron chi connectivity index (χ2n) is 3.85. The average molecular weight is 201 g/mol. The van der Waals surface area contributed by atoms with Gasteiger partial charge < -0.3 is 15.6 Å². The van der Waals surface area contributed by atoms with Crippen LogP contribution in [0.25, 0.3) is 0 Å². The van der Waals surface area contributed by atoms with Gasteiger partial charge in [-0.3, -0.25) is 4.79 Å². The molecule has 0 bridgehead atoms. The van der Waals surface area contributed by atoms with Gasteiger partial charge in [-0.2, -0.15) is 0 Å². The van der Waals surface area contributed by atoms with E-state index in [0.29, 0.717) is 19.8 Å². The van der Waals surface area contributed by atoms with E-state index >= 15 is 0 Å². The van der Waals surface area contributed by atoms with Crippen LogP contribution in [0, 0.1) is 11.8 Å². The van der Waals surface area contributed by atoms with Gasteiger partial charge in [0, 0.05) is 6.61 Å². The van der Waals surface area contributed by atoms with Crippen LogP contribution in [-0.4, -0.2) is 30.8 Å². The largest absolute Gasteiger partial charge is 0.481 e. The maximum Gasteiger partial charge on any atom is 0.306 e. The minimum absolute atomic E-state index is 0.213. The molecule has 14 heavy (non-hydrogen) atoms. The lowest BCUT2D eigenvalue weighted by atomic mass is 9.87. The quantitative estimate of drug-likeness (QED) is 0.625. The van der Waals surface area contributed by atoms with Crippen LogP contribution in [0.2, 0.25) is 0 Å². The first-order valence-corrected chi connectivity index (χ1v) is 5.26. The van der Waals surface area contributed by atoms with Gasteiger partial charge in [-0.1, -0.05) is 6.42 Å². The first-order chi connectivity index (χ1) is 6.75. The molecule has 0 saturated carbocycles. The Balaban J connectivity index is 2.34.